The lowest BCUT2D eigenvalue weighted by Gasteiger charge is -2.34. The largest absolute Gasteiger partial charge is 0.352 e. The summed E-state index contributed by atoms with van der Waals surface area (Å²) in [7, 11) is 1.77. The van der Waals surface area contributed by atoms with Gasteiger partial charge in [-0.05, 0) is 73.5 Å². The van der Waals surface area contributed by atoms with Crippen LogP contribution >= 0.6 is 11.8 Å². The molecule has 0 unspecified atom stereocenters. The molecule has 0 saturated carbocycles. The molecule has 34 heavy (non-hydrogen) atoms. The number of aryl methyl sites for hydroxylation is 1. The van der Waals surface area contributed by atoms with Crippen LogP contribution in [-0.4, -0.2) is 49.9 Å². The highest BCUT2D eigenvalue weighted by atomic mass is 32.2. The van der Waals surface area contributed by atoms with Gasteiger partial charge in [-0.25, -0.2) is 0 Å². The van der Waals surface area contributed by atoms with Crippen molar-refractivity contribution in [1.29, 1.82) is 0 Å². The standard InChI is InChI=1S/C28H35N3O2S/c1-19-14-20(2)18-31(17-19)13-7-12-29-27(32)23-10-11-25-24(15-23)30(4)28(33)26(34-25)16-22-9-6-5-8-21(22)3/h5-6,8-11,15-16,19-20H,7,12-14,17-18H2,1-4H3,(H,29,32)/b26-16-/t19-,20-/m0/s1. The maximum Gasteiger partial charge on any atom is 0.264 e. The third-order valence-electron chi connectivity index (χ3n) is 6.67. The van der Waals surface area contributed by atoms with Crippen molar-refractivity contribution in [3.8, 4) is 0 Å². The van der Waals surface area contributed by atoms with Gasteiger partial charge in [-0.1, -0.05) is 49.9 Å². The van der Waals surface area contributed by atoms with Crippen LogP contribution in [0.5, 0.6) is 0 Å². The minimum Gasteiger partial charge on any atom is -0.352 e. The Morgan fingerprint density at radius 2 is 1.88 bits per heavy atom. The zero-order valence-electron chi connectivity index (χ0n) is 20.6. The molecule has 0 aliphatic carbocycles. The lowest BCUT2D eigenvalue weighted by molar-refractivity contribution is -0.114. The number of nitrogens with zero attached hydrogens (tertiary/aromatic N) is 2. The van der Waals surface area contributed by atoms with Crippen molar-refractivity contribution >= 4 is 35.3 Å². The molecule has 2 aliphatic rings. The SMILES string of the molecule is Cc1ccccc1/C=C1\Sc2ccc(C(=O)NCCCN3C[C@@H](C)C[C@H](C)C3)cc2N(C)C1=O. The Morgan fingerprint density at radius 3 is 2.62 bits per heavy atom. The van der Waals surface area contributed by atoms with E-state index in [4.69, 9.17) is 0 Å². The zero-order chi connectivity index (χ0) is 24.2. The van der Waals surface area contributed by atoms with Gasteiger partial charge in [0.2, 0.25) is 0 Å². The van der Waals surface area contributed by atoms with E-state index < -0.39 is 0 Å². The summed E-state index contributed by atoms with van der Waals surface area (Å²) >= 11 is 1.46. The number of likely N-dealkylation sites (N-methyl/N-ethyl adjacent to an activating group) is 1. The van der Waals surface area contributed by atoms with E-state index in [-0.39, 0.29) is 11.8 Å². The van der Waals surface area contributed by atoms with Gasteiger partial charge < -0.3 is 15.1 Å². The molecular weight excluding hydrogens is 442 g/mol. The lowest BCUT2D eigenvalue weighted by Crippen LogP contribution is -2.40. The highest BCUT2D eigenvalue weighted by Crippen LogP contribution is 2.42. The number of benzene rings is 2. The van der Waals surface area contributed by atoms with Crippen molar-refractivity contribution in [2.75, 3.05) is 38.1 Å². The predicted octanol–water partition coefficient (Wildman–Crippen LogP) is 5.20. The van der Waals surface area contributed by atoms with Gasteiger partial charge in [0.1, 0.15) is 0 Å². The second kappa shape index (κ2) is 10.8. The van der Waals surface area contributed by atoms with Crippen LogP contribution in [-0.2, 0) is 4.79 Å². The molecule has 2 aromatic carbocycles. The highest BCUT2D eigenvalue weighted by Gasteiger charge is 2.27. The predicted molar refractivity (Wildman–Crippen MR) is 141 cm³/mol. The molecule has 1 fully saturated rings. The van der Waals surface area contributed by atoms with Crippen molar-refractivity contribution in [1.82, 2.24) is 10.2 Å². The van der Waals surface area contributed by atoms with Crippen molar-refractivity contribution in [3.63, 3.8) is 0 Å². The van der Waals surface area contributed by atoms with E-state index in [0.29, 0.717) is 17.0 Å². The van der Waals surface area contributed by atoms with E-state index in [1.165, 1.54) is 18.2 Å². The number of anilines is 1. The third kappa shape index (κ3) is 5.73. The van der Waals surface area contributed by atoms with Gasteiger partial charge in [-0.3, -0.25) is 9.59 Å². The topological polar surface area (TPSA) is 52.7 Å². The summed E-state index contributed by atoms with van der Waals surface area (Å²) in [6, 6.07) is 13.7. The normalized spacial score (nSPS) is 22.1. The van der Waals surface area contributed by atoms with Crippen molar-refractivity contribution in [3.05, 3.63) is 64.1 Å². The average Bonchev–Trinajstić information content (AvgIpc) is 2.80. The number of likely N-dealkylation sites (tertiary alicyclic amines) is 1. The van der Waals surface area contributed by atoms with Crippen LogP contribution in [0.4, 0.5) is 5.69 Å². The van der Waals surface area contributed by atoms with Crippen molar-refractivity contribution in [2.45, 2.75) is 38.5 Å². The van der Waals surface area contributed by atoms with Crippen LogP contribution in [0.3, 0.4) is 0 Å². The number of piperidine rings is 1. The Morgan fingerprint density at radius 1 is 1.15 bits per heavy atom. The van der Waals surface area contributed by atoms with Crippen LogP contribution < -0.4 is 10.2 Å². The van der Waals surface area contributed by atoms with Crippen molar-refractivity contribution in [2.24, 2.45) is 11.8 Å². The van der Waals surface area contributed by atoms with Gasteiger partial charge in [0.25, 0.3) is 11.8 Å². The quantitative estimate of drug-likeness (QED) is 0.459. The first-order chi connectivity index (χ1) is 16.3. The van der Waals surface area contributed by atoms with Gasteiger partial charge in [-0.15, -0.1) is 0 Å². The summed E-state index contributed by atoms with van der Waals surface area (Å²) in [6.45, 7) is 10.7. The maximum absolute atomic E-state index is 13.0. The first kappa shape index (κ1) is 24.6. The molecule has 2 aliphatic heterocycles. The molecule has 1 N–H and O–H groups in total. The van der Waals surface area contributed by atoms with Gasteiger partial charge in [0, 0.05) is 37.1 Å². The second-order valence-corrected chi connectivity index (χ2v) is 10.9. The highest BCUT2D eigenvalue weighted by molar-refractivity contribution is 8.04. The molecule has 2 heterocycles. The van der Waals surface area contributed by atoms with E-state index in [1.54, 1.807) is 11.9 Å². The zero-order valence-corrected chi connectivity index (χ0v) is 21.5. The molecular formula is C28H35N3O2S. The third-order valence-corrected chi connectivity index (χ3v) is 7.75. The summed E-state index contributed by atoms with van der Waals surface area (Å²) in [5.41, 5.74) is 3.54. The number of rotatable bonds is 6. The van der Waals surface area contributed by atoms with Gasteiger partial charge in [0.15, 0.2) is 0 Å². The van der Waals surface area contributed by atoms with E-state index in [2.05, 4.69) is 24.1 Å². The summed E-state index contributed by atoms with van der Waals surface area (Å²) in [4.78, 5) is 31.6. The van der Waals surface area contributed by atoms with Crippen LogP contribution in [0, 0.1) is 18.8 Å². The number of amides is 2. The number of hydrogen-bond donors (Lipinski definition) is 1. The Kier molecular flexibility index (Phi) is 7.79. The summed E-state index contributed by atoms with van der Waals surface area (Å²) in [6.07, 6.45) is 4.20. The number of carbonyl (C=O) groups is 2. The van der Waals surface area contributed by atoms with E-state index >= 15 is 0 Å². The Bertz CT molecular complexity index is 1090. The van der Waals surface area contributed by atoms with Gasteiger partial charge in [-0.2, -0.15) is 0 Å². The van der Waals surface area contributed by atoms with E-state index in [1.807, 2.05) is 55.5 Å². The molecule has 2 amide bonds. The van der Waals surface area contributed by atoms with Gasteiger partial charge >= 0.3 is 0 Å². The average molecular weight is 478 g/mol. The monoisotopic (exact) mass is 477 g/mol. The molecule has 6 heteroatoms. The molecule has 0 aromatic heterocycles. The first-order valence-electron chi connectivity index (χ1n) is 12.2. The van der Waals surface area contributed by atoms with Crippen LogP contribution in [0.25, 0.3) is 6.08 Å². The molecule has 5 nitrogen and oxygen atoms in total. The molecule has 0 bridgehead atoms. The fourth-order valence-electron chi connectivity index (χ4n) is 5.01. The minimum atomic E-state index is -0.0877. The molecule has 2 atom stereocenters. The lowest BCUT2D eigenvalue weighted by atomic mass is 9.92. The molecule has 4 rings (SSSR count). The number of carbonyl (C=O) groups excluding carboxylic acids is 2. The molecule has 0 spiro atoms. The Balaban J connectivity index is 1.37. The molecule has 180 valence electrons. The number of fused-ring (bicyclic) bond motifs is 1. The fourth-order valence-corrected chi connectivity index (χ4v) is 6.09. The molecule has 1 saturated heterocycles. The van der Waals surface area contributed by atoms with E-state index in [9.17, 15) is 9.59 Å². The Hall–Kier alpha value is -2.57. The summed E-state index contributed by atoms with van der Waals surface area (Å²) in [5, 5.41) is 3.05. The smallest absolute Gasteiger partial charge is 0.264 e. The number of thioether (sulfide) groups is 1. The molecule has 2 aromatic rings. The first-order valence-corrected chi connectivity index (χ1v) is 13.0. The number of hydrogen-bond acceptors (Lipinski definition) is 4. The summed E-state index contributed by atoms with van der Waals surface area (Å²) in [5.74, 6) is 1.36. The number of nitrogens with one attached hydrogen (secondary N) is 1. The fraction of sp³-hybridized carbons (Fsp3) is 0.429. The van der Waals surface area contributed by atoms with Crippen LogP contribution in [0.1, 0.15) is 48.2 Å². The summed E-state index contributed by atoms with van der Waals surface area (Å²) < 4.78 is 0. The Labute approximate surface area is 207 Å². The molecule has 0 radical (unpaired) electrons. The van der Waals surface area contributed by atoms with E-state index in [0.717, 1.165) is 59.6 Å². The van der Waals surface area contributed by atoms with Gasteiger partial charge in [0.05, 0.1) is 10.6 Å². The second-order valence-electron chi connectivity index (χ2n) is 9.83. The minimum absolute atomic E-state index is 0.0525. The van der Waals surface area contributed by atoms with Crippen molar-refractivity contribution < 1.29 is 9.59 Å². The van der Waals surface area contributed by atoms with Crippen LogP contribution in [0.15, 0.2) is 52.3 Å². The van der Waals surface area contributed by atoms with Crippen LogP contribution in [0.2, 0.25) is 0 Å². The maximum atomic E-state index is 13.0.